The van der Waals surface area contributed by atoms with Gasteiger partial charge in [-0.1, -0.05) is 60.2 Å². The molecule has 5 rings (SSSR count). The summed E-state index contributed by atoms with van der Waals surface area (Å²) in [6.45, 7) is 1.56. The Labute approximate surface area is 225 Å². The van der Waals surface area contributed by atoms with Crippen molar-refractivity contribution in [3.63, 3.8) is 0 Å². The highest BCUT2D eigenvalue weighted by Crippen LogP contribution is 2.23. The SMILES string of the molecule is O=C(Nc1ccccc1Cl)N1CCN(C(=O)C2=CCC(NS(=O)(=O)c3cccc4cccnc34)C=C2)CC1. The van der Waals surface area contributed by atoms with Crippen molar-refractivity contribution in [3.05, 3.63) is 89.6 Å². The number of para-hydroxylation sites is 2. The fourth-order valence-corrected chi connectivity index (χ4v) is 6.04. The predicted octanol–water partition coefficient (Wildman–Crippen LogP) is 3.80. The molecule has 1 aliphatic carbocycles. The Hall–Kier alpha value is -3.73. The van der Waals surface area contributed by atoms with Gasteiger partial charge in [0.15, 0.2) is 0 Å². The maximum Gasteiger partial charge on any atom is 0.322 e. The lowest BCUT2D eigenvalue weighted by molar-refractivity contribution is -0.128. The van der Waals surface area contributed by atoms with Crippen LogP contribution in [0, 0.1) is 0 Å². The van der Waals surface area contributed by atoms with Crippen LogP contribution in [0.3, 0.4) is 0 Å². The highest BCUT2D eigenvalue weighted by molar-refractivity contribution is 7.89. The molecular weight excluding hydrogens is 526 g/mol. The molecule has 1 aliphatic heterocycles. The van der Waals surface area contributed by atoms with Crippen molar-refractivity contribution in [1.82, 2.24) is 19.5 Å². The molecule has 38 heavy (non-hydrogen) atoms. The van der Waals surface area contributed by atoms with E-state index in [1.807, 2.05) is 12.1 Å². The number of carbonyl (C=O) groups excluding carboxylic acids is 2. The average molecular weight is 552 g/mol. The first-order chi connectivity index (χ1) is 18.3. The van der Waals surface area contributed by atoms with E-state index in [0.717, 1.165) is 5.39 Å². The smallest absolute Gasteiger partial charge is 0.322 e. The Kier molecular flexibility index (Phi) is 7.46. The van der Waals surface area contributed by atoms with Crippen molar-refractivity contribution in [2.75, 3.05) is 31.5 Å². The van der Waals surface area contributed by atoms with Gasteiger partial charge in [0.1, 0.15) is 4.90 Å². The first-order valence-corrected chi connectivity index (χ1v) is 14.0. The van der Waals surface area contributed by atoms with Crippen LogP contribution in [0.1, 0.15) is 6.42 Å². The number of hydrogen-bond donors (Lipinski definition) is 2. The zero-order valence-corrected chi connectivity index (χ0v) is 22.0. The number of halogens is 1. The molecule has 1 saturated heterocycles. The number of nitrogens with zero attached hydrogens (tertiary/aromatic N) is 3. The largest absolute Gasteiger partial charge is 0.335 e. The van der Waals surface area contributed by atoms with Crippen LogP contribution in [0.4, 0.5) is 10.5 Å². The predicted molar refractivity (Wildman–Crippen MR) is 146 cm³/mol. The van der Waals surface area contributed by atoms with Gasteiger partial charge in [0, 0.05) is 49.4 Å². The van der Waals surface area contributed by atoms with Gasteiger partial charge in [0.25, 0.3) is 5.91 Å². The molecule has 0 bridgehead atoms. The van der Waals surface area contributed by atoms with Gasteiger partial charge >= 0.3 is 6.03 Å². The van der Waals surface area contributed by atoms with Crippen molar-refractivity contribution in [2.45, 2.75) is 17.4 Å². The summed E-state index contributed by atoms with van der Waals surface area (Å²) in [5.74, 6) is -0.146. The average Bonchev–Trinajstić information content (AvgIpc) is 2.94. The topological polar surface area (TPSA) is 112 Å². The number of hydrogen-bond acceptors (Lipinski definition) is 5. The molecule has 11 heteroatoms. The molecule has 2 heterocycles. The van der Waals surface area contributed by atoms with Crippen LogP contribution in [0.15, 0.2) is 89.5 Å². The Balaban J connectivity index is 1.15. The number of pyridine rings is 1. The van der Waals surface area contributed by atoms with Crippen molar-refractivity contribution in [2.24, 2.45) is 0 Å². The second kappa shape index (κ2) is 10.9. The summed E-state index contributed by atoms with van der Waals surface area (Å²) in [7, 11) is -3.82. The standard InChI is InChI=1S/C27H26ClN5O4S/c28-22-7-1-2-8-23(22)30-27(35)33-17-15-32(16-18-33)26(34)20-10-12-21(13-11-20)31-38(36,37)24-9-3-5-19-6-4-14-29-25(19)24/h1-12,14,21,31H,13,15-18H2,(H,30,35). The zero-order valence-electron chi connectivity index (χ0n) is 20.4. The molecule has 3 amide bonds. The number of fused-ring (bicyclic) bond motifs is 1. The Bertz CT molecular complexity index is 1540. The normalized spacial score (nSPS) is 17.8. The van der Waals surface area contributed by atoms with E-state index in [9.17, 15) is 18.0 Å². The second-order valence-electron chi connectivity index (χ2n) is 9.00. The van der Waals surface area contributed by atoms with Crippen LogP contribution in [-0.4, -0.2) is 67.4 Å². The highest BCUT2D eigenvalue weighted by atomic mass is 35.5. The Morgan fingerprint density at radius 3 is 2.42 bits per heavy atom. The molecule has 2 N–H and O–H groups in total. The van der Waals surface area contributed by atoms with Crippen LogP contribution < -0.4 is 10.0 Å². The van der Waals surface area contributed by atoms with Gasteiger partial charge in [-0.15, -0.1) is 0 Å². The molecule has 3 aromatic rings. The number of nitrogens with one attached hydrogen (secondary N) is 2. The molecule has 1 unspecified atom stereocenters. The number of urea groups is 1. The molecule has 1 aromatic heterocycles. The number of aromatic nitrogens is 1. The lowest BCUT2D eigenvalue weighted by atomic mass is 10.0. The summed E-state index contributed by atoms with van der Waals surface area (Å²) in [5.41, 5.74) is 1.45. The van der Waals surface area contributed by atoms with Crippen molar-refractivity contribution >= 4 is 50.2 Å². The highest BCUT2D eigenvalue weighted by Gasteiger charge is 2.28. The third-order valence-corrected chi connectivity index (χ3v) is 8.36. The summed E-state index contributed by atoms with van der Waals surface area (Å²) >= 11 is 6.12. The van der Waals surface area contributed by atoms with Gasteiger partial charge in [-0.2, -0.15) is 0 Å². The molecular formula is C27H26ClN5O4S. The fourth-order valence-electron chi connectivity index (χ4n) is 4.47. The number of piperazine rings is 1. The van der Waals surface area contributed by atoms with Gasteiger partial charge in [0.05, 0.1) is 16.2 Å². The first kappa shape index (κ1) is 25.9. The summed E-state index contributed by atoms with van der Waals surface area (Å²) in [6.07, 6.45) is 6.99. The third-order valence-electron chi connectivity index (χ3n) is 6.51. The minimum atomic E-state index is -3.82. The van der Waals surface area contributed by atoms with Gasteiger partial charge in [-0.3, -0.25) is 9.78 Å². The van der Waals surface area contributed by atoms with Crippen LogP contribution in [0.25, 0.3) is 10.9 Å². The van der Waals surface area contributed by atoms with E-state index in [-0.39, 0.29) is 16.8 Å². The lowest BCUT2D eigenvalue weighted by Gasteiger charge is -2.35. The molecule has 196 valence electrons. The van der Waals surface area contributed by atoms with Crippen LogP contribution in [0.5, 0.6) is 0 Å². The molecule has 0 saturated carbocycles. The van der Waals surface area contributed by atoms with E-state index in [1.54, 1.807) is 70.6 Å². The van der Waals surface area contributed by atoms with Gasteiger partial charge in [0.2, 0.25) is 10.0 Å². The van der Waals surface area contributed by atoms with Crippen molar-refractivity contribution in [1.29, 1.82) is 0 Å². The van der Waals surface area contributed by atoms with E-state index in [0.29, 0.717) is 54.4 Å². The lowest BCUT2D eigenvalue weighted by Crippen LogP contribution is -2.52. The molecule has 2 aromatic carbocycles. The number of carbonyl (C=O) groups is 2. The minimum Gasteiger partial charge on any atom is -0.335 e. The van der Waals surface area contributed by atoms with E-state index in [1.165, 1.54) is 6.07 Å². The summed E-state index contributed by atoms with van der Waals surface area (Å²) in [5, 5.41) is 4.00. The van der Waals surface area contributed by atoms with Crippen molar-refractivity contribution < 1.29 is 18.0 Å². The summed E-state index contributed by atoms with van der Waals surface area (Å²) in [4.78, 5) is 33.3. The van der Waals surface area contributed by atoms with Gasteiger partial charge < -0.3 is 15.1 Å². The Morgan fingerprint density at radius 2 is 1.68 bits per heavy atom. The minimum absolute atomic E-state index is 0.117. The molecule has 2 aliphatic rings. The third kappa shape index (κ3) is 5.57. The van der Waals surface area contributed by atoms with Crippen LogP contribution in [-0.2, 0) is 14.8 Å². The maximum atomic E-state index is 13.1. The number of amides is 3. The van der Waals surface area contributed by atoms with E-state index < -0.39 is 16.1 Å². The maximum absolute atomic E-state index is 13.1. The summed E-state index contributed by atoms with van der Waals surface area (Å²) in [6, 6.07) is 14.9. The quantitative estimate of drug-likeness (QED) is 0.501. The number of rotatable bonds is 5. The second-order valence-corrected chi connectivity index (χ2v) is 11.1. The van der Waals surface area contributed by atoms with Gasteiger partial charge in [-0.25, -0.2) is 17.9 Å². The molecule has 0 spiro atoms. The van der Waals surface area contributed by atoms with Crippen molar-refractivity contribution in [3.8, 4) is 0 Å². The van der Waals surface area contributed by atoms with E-state index in [4.69, 9.17) is 11.6 Å². The molecule has 1 atom stereocenters. The number of anilines is 1. The number of benzene rings is 2. The summed E-state index contributed by atoms with van der Waals surface area (Å²) < 4.78 is 28.8. The van der Waals surface area contributed by atoms with Crippen LogP contribution in [0.2, 0.25) is 5.02 Å². The Morgan fingerprint density at radius 1 is 0.947 bits per heavy atom. The van der Waals surface area contributed by atoms with E-state index in [2.05, 4.69) is 15.0 Å². The first-order valence-electron chi connectivity index (χ1n) is 12.2. The fraction of sp³-hybridized carbons (Fsp3) is 0.222. The van der Waals surface area contributed by atoms with Crippen LogP contribution >= 0.6 is 11.6 Å². The zero-order chi connectivity index (χ0) is 26.7. The molecule has 9 nitrogen and oxygen atoms in total. The van der Waals surface area contributed by atoms with E-state index >= 15 is 0 Å². The molecule has 0 radical (unpaired) electrons. The monoisotopic (exact) mass is 551 g/mol. The number of sulfonamides is 1. The van der Waals surface area contributed by atoms with Gasteiger partial charge in [-0.05, 0) is 30.7 Å². The molecule has 1 fully saturated rings.